The van der Waals surface area contributed by atoms with Gasteiger partial charge in [-0.1, -0.05) is 0 Å². The first-order valence-electron chi connectivity index (χ1n) is 6.09. The van der Waals surface area contributed by atoms with Crippen molar-refractivity contribution in [3.8, 4) is 11.1 Å². The molecule has 0 amide bonds. The third-order valence-electron chi connectivity index (χ3n) is 2.84. The van der Waals surface area contributed by atoms with Crippen molar-refractivity contribution in [1.29, 1.82) is 0 Å². The average Bonchev–Trinajstić information content (AvgIpc) is 2.41. The van der Waals surface area contributed by atoms with Gasteiger partial charge in [-0.05, 0) is 36.6 Å². The molecule has 2 heterocycles. The summed E-state index contributed by atoms with van der Waals surface area (Å²) in [6.45, 7) is 0.618. The molecular formula is C14H14ClFN2O. The van der Waals surface area contributed by atoms with E-state index >= 15 is 0 Å². The predicted octanol–water partition coefficient (Wildman–Crippen LogP) is 3.07. The van der Waals surface area contributed by atoms with Gasteiger partial charge in [0.2, 0.25) is 5.95 Å². The van der Waals surface area contributed by atoms with E-state index in [1.54, 1.807) is 29.0 Å². The monoisotopic (exact) mass is 280 g/mol. The Morgan fingerprint density at radius 2 is 2.16 bits per heavy atom. The zero-order chi connectivity index (χ0) is 13.7. The number of rotatable bonds is 5. The highest BCUT2D eigenvalue weighted by molar-refractivity contribution is 6.17. The Labute approximate surface area is 115 Å². The van der Waals surface area contributed by atoms with Gasteiger partial charge in [0, 0.05) is 36.4 Å². The summed E-state index contributed by atoms with van der Waals surface area (Å²) in [5.74, 6) is -0.00117. The van der Waals surface area contributed by atoms with Gasteiger partial charge in [0.05, 0.1) is 0 Å². The molecule has 0 radical (unpaired) electrons. The van der Waals surface area contributed by atoms with Crippen LogP contribution in [0.25, 0.3) is 11.1 Å². The lowest BCUT2D eigenvalue weighted by Crippen LogP contribution is -2.21. The van der Waals surface area contributed by atoms with Crippen molar-refractivity contribution < 1.29 is 4.39 Å². The summed E-state index contributed by atoms with van der Waals surface area (Å²) in [7, 11) is 0. The molecule has 2 aromatic rings. The minimum absolute atomic E-state index is 0.123. The van der Waals surface area contributed by atoms with Crippen LogP contribution < -0.4 is 5.56 Å². The van der Waals surface area contributed by atoms with Crippen LogP contribution in [-0.4, -0.2) is 15.4 Å². The van der Waals surface area contributed by atoms with Crippen molar-refractivity contribution in [2.75, 3.05) is 5.88 Å². The second kappa shape index (κ2) is 6.48. The minimum Gasteiger partial charge on any atom is -0.315 e. The average molecular weight is 281 g/mol. The Morgan fingerprint density at radius 1 is 1.32 bits per heavy atom. The van der Waals surface area contributed by atoms with Crippen molar-refractivity contribution >= 4 is 11.6 Å². The largest absolute Gasteiger partial charge is 0.315 e. The molecular weight excluding hydrogens is 267 g/mol. The van der Waals surface area contributed by atoms with Crippen molar-refractivity contribution in [3.63, 3.8) is 0 Å². The molecule has 5 heteroatoms. The van der Waals surface area contributed by atoms with Crippen LogP contribution in [0.1, 0.15) is 12.8 Å². The Hall–Kier alpha value is -1.68. The smallest absolute Gasteiger partial charge is 0.258 e. The van der Waals surface area contributed by atoms with Crippen LogP contribution in [0.3, 0.4) is 0 Å². The normalized spacial score (nSPS) is 10.6. The molecule has 0 spiro atoms. The van der Waals surface area contributed by atoms with Crippen molar-refractivity contribution in [2.24, 2.45) is 0 Å². The fourth-order valence-corrected chi connectivity index (χ4v) is 2.07. The number of aromatic nitrogens is 2. The number of hydrogen-bond donors (Lipinski definition) is 0. The van der Waals surface area contributed by atoms with Gasteiger partial charge in [-0.25, -0.2) is 4.98 Å². The summed E-state index contributed by atoms with van der Waals surface area (Å²) in [5, 5.41) is 0. The summed E-state index contributed by atoms with van der Waals surface area (Å²) in [6, 6.07) is 6.37. The molecule has 2 rings (SSSR count). The van der Waals surface area contributed by atoms with Crippen LogP contribution in [0.2, 0.25) is 0 Å². The molecule has 100 valence electrons. The summed E-state index contributed by atoms with van der Waals surface area (Å²) < 4.78 is 14.7. The summed E-state index contributed by atoms with van der Waals surface area (Å²) >= 11 is 5.62. The maximum Gasteiger partial charge on any atom is 0.258 e. The van der Waals surface area contributed by atoms with Crippen LogP contribution in [0, 0.1) is 5.95 Å². The molecule has 3 nitrogen and oxygen atoms in total. The van der Waals surface area contributed by atoms with E-state index in [4.69, 9.17) is 11.6 Å². The molecule has 0 aliphatic carbocycles. The second-order valence-corrected chi connectivity index (χ2v) is 4.56. The predicted molar refractivity (Wildman–Crippen MR) is 73.8 cm³/mol. The molecule has 0 saturated carbocycles. The fourth-order valence-electron chi connectivity index (χ4n) is 1.88. The van der Waals surface area contributed by atoms with Crippen LogP contribution in [0.15, 0.2) is 41.5 Å². The first kappa shape index (κ1) is 13.7. The van der Waals surface area contributed by atoms with Gasteiger partial charge < -0.3 is 4.57 Å². The quantitative estimate of drug-likeness (QED) is 0.479. The van der Waals surface area contributed by atoms with Crippen molar-refractivity contribution in [2.45, 2.75) is 19.4 Å². The fraction of sp³-hybridized carbons (Fsp3) is 0.286. The van der Waals surface area contributed by atoms with Crippen molar-refractivity contribution in [3.05, 3.63) is 53.0 Å². The first-order valence-corrected chi connectivity index (χ1v) is 6.63. The molecule has 2 aromatic heterocycles. The molecule has 0 aliphatic rings. The van der Waals surface area contributed by atoms with E-state index in [9.17, 15) is 9.18 Å². The Kier molecular flexibility index (Phi) is 4.68. The number of pyridine rings is 2. The number of alkyl halides is 1. The maximum absolute atomic E-state index is 13.1. The van der Waals surface area contributed by atoms with E-state index in [1.807, 2.05) is 0 Å². The minimum atomic E-state index is -0.588. The van der Waals surface area contributed by atoms with Crippen molar-refractivity contribution in [1.82, 2.24) is 9.55 Å². The number of aryl methyl sites for hydroxylation is 1. The molecule has 0 bridgehead atoms. The van der Waals surface area contributed by atoms with Crippen LogP contribution in [-0.2, 0) is 6.54 Å². The highest BCUT2D eigenvalue weighted by Gasteiger charge is 2.06. The van der Waals surface area contributed by atoms with E-state index in [0.717, 1.165) is 12.8 Å². The van der Waals surface area contributed by atoms with Gasteiger partial charge in [-0.15, -0.1) is 11.6 Å². The van der Waals surface area contributed by atoms with Gasteiger partial charge in [0.25, 0.3) is 5.56 Å². The number of hydrogen-bond acceptors (Lipinski definition) is 2. The highest BCUT2D eigenvalue weighted by Crippen LogP contribution is 2.14. The number of unbranched alkanes of at least 4 members (excludes halogenated alkanes) is 1. The van der Waals surface area contributed by atoms with Gasteiger partial charge in [-0.3, -0.25) is 4.79 Å². The summed E-state index contributed by atoms with van der Waals surface area (Å²) in [6.07, 6.45) is 4.80. The third kappa shape index (κ3) is 3.41. The molecule has 0 atom stereocenters. The Balaban J connectivity index is 2.32. The van der Waals surface area contributed by atoms with E-state index in [-0.39, 0.29) is 5.56 Å². The van der Waals surface area contributed by atoms with Gasteiger partial charge in [-0.2, -0.15) is 4.39 Å². The molecule has 0 unspecified atom stereocenters. The Morgan fingerprint density at radius 3 is 2.89 bits per heavy atom. The zero-order valence-corrected chi connectivity index (χ0v) is 11.1. The summed E-state index contributed by atoms with van der Waals surface area (Å²) in [4.78, 5) is 15.7. The molecule has 0 aliphatic heterocycles. The van der Waals surface area contributed by atoms with E-state index in [0.29, 0.717) is 23.6 Å². The second-order valence-electron chi connectivity index (χ2n) is 4.18. The Bertz CT molecular complexity index is 612. The van der Waals surface area contributed by atoms with Crippen LogP contribution >= 0.6 is 11.6 Å². The lowest BCUT2D eigenvalue weighted by atomic mass is 10.1. The lowest BCUT2D eigenvalue weighted by Gasteiger charge is -2.07. The highest BCUT2D eigenvalue weighted by atomic mass is 35.5. The molecule has 0 saturated heterocycles. The van der Waals surface area contributed by atoms with E-state index in [1.165, 1.54) is 12.3 Å². The van der Waals surface area contributed by atoms with Gasteiger partial charge in [0.15, 0.2) is 0 Å². The third-order valence-corrected chi connectivity index (χ3v) is 3.11. The molecule has 19 heavy (non-hydrogen) atoms. The molecule has 0 N–H and O–H groups in total. The molecule has 0 aromatic carbocycles. The van der Waals surface area contributed by atoms with Crippen LogP contribution in [0.5, 0.6) is 0 Å². The topological polar surface area (TPSA) is 34.9 Å². The standard InChI is InChI=1S/C14H14ClFN2O/c15-6-1-2-8-18-9-3-4-12(14(18)19)11-5-7-17-13(16)10-11/h3-5,7,9-10H,1-2,6,8H2. The summed E-state index contributed by atoms with van der Waals surface area (Å²) in [5.41, 5.74) is 0.904. The van der Waals surface area contributed by atoms with Gasteiger partial charge >= 0.3 is 0 Å². The van der Waals surface area contributed by atoms with E-state index < -0.39 is 5.95 Å². The lowest BCUT2D eigenvalue weighted by molar-refractivity contribution is 0.584. The zero-order valence-electron chi connectivity index (χ0n) is 10.4. The van der Waals surface area contributed by atoms with E-state index in [2.05, 4.69) is 4.98 Å². The SMILES string of the molecule is O=c1c(-c2ccnc(F)c2)cccn1CCCCCl. The maximum atomic E-state index is 13.1. The molecule has 0 fully saturated rings. The van der Waals surface area contributed by atoms with Gasteiger partial charge in [0.1, 0.15) is 0 Å². The number of nitrogens with zero attached hydrogens (tertiary/aromatic N) is 2. The first-order chi connectivity index (χ1) is 9.22. The number of halogens is 2. The van der Waals surface area contributed by atoms with Crippen LogP contribution in [0.4, 0.5) is 4.39 Å².